The average Bonchev–Trinajstić information content (AvgIpc) is 3.58. The van der Waals surface area contributed by atoms with Crippen LogP contribution in [-0.2, 0) is 20.8 Å². The first-order valence-electron chi connectivity index (χ1n) is 11.3. The molecule has 1 N–H and O–H groups in total. The number of aryl methyl sites for hydroxylation is 1. The lowest BCUT2D eigenvalue weighted by Crippen LogP contribution is -2.38. The Labute approximate surface area is 196 Å². The molecule has 33 heavy (non-hydrogen) atoms. The van der Waals surface area contributed by atoms with E-state index in [-0.39, 0.29) is 47.8 Å². The number of hydrogen-bond donors (Lipinski definition) is 1. The summed E-state index contributed by atoms with van der Waals surface area (Å²) in [4.78, 5) is 41.2. The van der Waals surface area contributed by atoms with Gasteiger partial charge in [-0.2, -0.15) is 0 Å². The number of anilines is 1. The van der Waals surface area contributed by atoms with Gasteiger partial charge in [0.1, 0.15) is 10.8 Å². The summed E-state index contributed by atoms with van der Waals surface area (Å²) in [5.41, 5.74) is 0.719. The second-order valence-electron chi connectivity index (χ2n) is 8.84. The van der Waals surface area contributed by atoms with Crippen molar-refractivity contribution >= 4 is 34.2 Å². The van der Waals surface area contributed by atoms with Crippen molar-refractivity contribution in [2.45, 2.75) is 38.6 Å². The third-order valence-electron chi connectivity index (χ3n) is 6.87. The number of hydrogen-bond acceptors (Lipinski definition) is 7. The van der Waals surface area contributed by atoms with Gasteiger partial charge in [-0.1, -0.05) is 42.5 Å². The highest BCUT2D eigenvalue weighted by molar-refractivity contribution is 7.15. The zero-order valence-corrected chi connectivity index (χ0v) is 19.4. The molecule has 2 aromatic rings. The van der Waals surface area contributed by atoms with Crippen molar-refractivity contribution in [3.8, 4) is 5.75 Å². The molecule has 2 bridgehead atoms. The predicted molar refractivity (Wildman–Crippen MR) is 122 cm³/mol. The van der Waals surface area contributed by atoms with Crippen LogP contribution in [0.15, 0.2) is 36.4 Å². The van der Waals surface area contributed by atoms with E-state index < -0.39 is 6.04 Å². The monoisotopic (exact) mass is 466 g/mol. The average molecular weight is 467 g/mol. The van der Waals surface area contributed by atoms with Crippen LogP contribution < -0.4 is 10.1 Å². The second-order valence-corrected chi connectivity index (χ2v) is 9.90. The van der Waals surface area contributed by atoms with Gasteiger partial charge in [-0.3, -0.25) is 19.3 Å². The van der Waals surface area contributed by atoms with Gasteiger partial charge in [0.15, 0.2) is 0 Å². The zero-order chi connectivity index (χ0) is 23.1. The van der Waals surface area contributed by atoms with Crippen molar-refractivity contribution in [1.29, 1.82) is 0 Å². The molecule has 3 amide bonds. The van der Waals surface area contributed by atoms with Gasteiger partial charge in [-0.15, -0.1) is 10.2 Å². The molecule has 1 saturated heterocycles. The largest absolute Gasteiger partial charge is 0.497 e. The zero-order valence-electron chi connectivity index (χ0n) is 18.6. The number of allylic oxidation sites excluding steroid dienone is 2. The molecule has 8 nitrogen and oxygen atoms in total. The Morgan fingerprint density at radius 3 is 2.42 bits per heavy atom. The first kappa shape index (κ1) is 21.8. The fourth-order valence-electron chi connectivity index (χ4n) is 5.38. The molecule has 172 valence electrons. The fourth-order valence-corrected chi connectivity index (χ4v) is 6.24. The number of likely N-dealkylation sites (tertiary alicyclic amines) is 1. The van der Waals surface area contributed by atoms with E-state index in [1.807, 2.05) is 12.1 Å². The quantitative estimate of drug-likeness (QED) is 0.473. The van der Waals surface area contributed by atoms with Crippen molar-refractivity contribution in [2.75, 3.05) is 12.4 Å². The standard InChI is InChI=1S/C24H26N4O4S/c1-3-4-19-26-27-24(33-19)25-18(29)12-17(13-7-9-16(32-2)10-8-13)28-22(30)20-14-5-6-15(11-14)21(20)23(28)31/h5-10,14-15,17,20-21H,3-4,11-12H2,1-2H3,(H,25,27,29). The van der Waals surface area contributed by atoms with Crippen LogP contribution in [0.2, 0.25) is 0 Å². The molecule has 5 unspecified atom stereocenters. The SMILES string of the molecule is CCCc1nnc(NC(=O)CC(c2ccc(OC)cc2)N2C(=O)C3C4C=CC(C4)C3C2=O)s1. The Kier molecular flexibility index (Phi) is 5.74. The minimum Gasteiger partial charge on any atom is -0.497 e. The van der Waals surface area contributed by atoms with Crippen LogP contribution in [0, 0.1) is 23.7 Å². The van der Waals surface area contributed by atoms with Crippen LogP contribution in [0.4, 0.5) is 5.13 Å². The summed E-state index contributed by atoms with van der Waals surface area (Å²) >= 11 is 1.34. The smallest absolute Gasteiger partial charge is 0.234 e. The van der Waals surface area contributed by atoms with Gasteiger partial charge in [0.05, 0.1) is 31.4 Å². The summed E-state index contributed by atoms with van der Waals surface area (Å²) in [7, 11) is 1.58. The molecule has 0 spiro atoms. The number of imide groups is 1. The highest BCUT2D eigenvalue weighted by atomic mass is 32.1. The molecule has 1 aromatic carbocycles. The normalized spacial score (nSPS) is 26.1. The van der Waals surface area contributed by atoms with Crippen LogP contribution >= 0.6 is 11.3 Å². The third-order valence-corrected chi connectivity index (χ3v) is 7.77. The second kappa shape index (κ2) is 8.70. The van der Waals surface area contributed by atoms with Gasteiger partial charge in [0.25, 0.3) is 0 Å². The van der Waals surface area contributed by atoms with E-state index >= 15 is 0 Å². The number of amides is 3. The van der Waals surface area contributed by atoms with E-state index in [0.717, 1.165) is 29.8 Å². The lowest BCUT2D eigenvalue weighted by molar-refractivity contribution is -0.144. The number of carbonyl (C=O) groups is 3. The maximum absolute atomic E-state index is 13.4. The number of carbonyl (C=O) groups excluding carboxylic acids is 3. The van der Waals surface area contributed by atoms with Crippen LogP contribution in [0.3, 0.4) is 0 Å². The van der Waals surface area contributed by atoms with E-state index in [4.69, 9.17) is 4.74 Å². The maximum Gasteiger partial charge on any atom is 0.234 e. The lowest BCUT2D eigenvalue weighted by Gasteiger charge is -2.28. The van der Waals surface area contributed by atoms with Crippen molar-refractivity contribution in [1.82, 2.24) is 15.1 Å². The maximum atomic E-state index is 13.4. The van der Waals surface area contributed by atoms with Crippen molar-refractivity contribution in [2.24, 2.45) is 23.7 Å². The fraction of sp³-hybridized carbons (Fsp3) is 0.458. The number of nitrogens with one attached hydrogen (secondary N) is 1. The number of methoxy groups -OCH3 is 1. The Morgan fingerprint density at radius 2 is 1.82 bits per heavy atom. The van der Waals surface area contributed by atoms with E-state index in [1.165, 1.54) is 16.2 Å². The highest BCUT2D eigenvalue weighted by Gasteiger charge is 2.60. The topological polar surface area (TPSA) is 101 Å². The highest BCUT2D eigenvalue weighted by Crippen LogP contribution is 2.54. The summed E-state index contributed by atoms with van der Waals surface area (Å²) in [6.07, 6.45) is 6.70. The van der Waals surface area contributed by atoms with E-state index in [9.17, 15) is 14.4 Å². The van der Waals surface area contributed by atoms with Crippen LogP contribution in [-0.4, -0.2) is 39.9 Å². The Hall–Kier alpha value is -3.07. The molecule has 2 fully saturated rings. The van der Waals surface area contributed by atoms with Gasteiger partial charge < -0.3 is 10.1 Å². The Bertz CT molecular complexity index is 1080. The number of nitrogens with zero attached hydrogens (tertiary/aromatic N) is 3. The molecule has 1 aromatic heterocycles. The van der Waals surface area contributed by atoms with Gasteiger partial charge in [0.2, 0.25) is 22.9 Å². The molecule has 2 aliphatic carbocycles. The molecule has 3 aliphatic rings. The first-order chi connectivity index (χ1) is 16.0. The van der Waals surface area contributed by atoms with E-state index in [1.54, 1.807) is 19.2 Å². The first-order valence-corrected chi connectivity index (χ1v) is 12.1. The lowest BCUT2D eigenvalue weighted by atomic mass is 9.85. The van der Waals surface area contributed by atoms with E-state index in [0.29, 0.717) is 10.9 Å². The Balaban J connectivity index is 1.40. The molecule has 0 radical (unpaired) electrons. The number of ether oxygens (including phenoxy) is 1. The van der Waals surface area contributed by atoms with Gasteiger partial charge in [-0.05, 0) is 42.4 Å². The molecule has 1 saturated carbocycles. The summed E-state index contributed by atoms with van der Waals surface area (Å²) in [5.74, 6) is -0.373. The van der Waals surface area contributed by atoms with Crippen molar-refractivity contribution < 1.29 is 19.1 Å². The van der Waals surface area contributed by atoms with Gasteiger partial charge >= 0.3 is 0 Å². The third kappa shape index (κ3) is 3.84. The number of fused-ring (bicyclic) bond motifs is 5. The molecule has 5 rings (SSSR count). The van der Waals surface area contributed by atoms with Crippen LogP contribution in [0.25, 0.3) is 0 Å². The molecular weight excluding hydrogens is 440 g/mol. The van der Waals surface area contributed by atoms with E-state index in [2.05, 4.69) is 34.6 Å². The summed E-state index contributed by atoms with van der Waals surface area (Å²) < 4.78 is 5.25. The minimum absolute atomic E-state index is 0.0469. The molecule has 1 aliphatic heterocycles. The number of benzene rings is 1. The van der Waals surface area contributed by atoms with Gasteiger partial charge in [0, 0.05) is 6.42 Å². The van der Waals surface area contributed by atoms with Crippen molar-refractivity contribution in [3.63, 3.8) is 0 Å². The predicted octanol–water partition coefficient (Wildman–Crippen LogP) is 3.38. The summed E-state index contributed by atoms with van der Waals surface area (Å²) in [6.45, 7) is 2.06. The van der Waals surface area contributed by atoms with Gasteiger partial charge in [-0.25, -0.2) is 0 Å². The van der Waals surface area contributed by atoms with Crippen molar-refractivity contribution in [3.05, 3.63) is 47.0 Å². The minimum atomic E-state index is -0.691. The van der Waals surface area contributed by atoms with Crippen LogP contribution in [0.1, 0.15) is 42.8 Å². The number of rotatable bonds is 8. The van der Waals surface area contributed by atoms with Crippen LogP contribution in [0.5, 0.6) is 5.75 Å². The molecule has 5 atom stereocenters. The summed E-state index contributed by atoms with van der Waals surface area (Å²) in [5, 5.41) is 12.2. The summed E-state index contributed by atoms with van der Waals surface area (Å²) in [6, 6.07) is 6.48. The Morgan fingerprint density at radius 1 is 1.15 bits per heavy atom. The molecular formula is C24H26N4O4S. The number of aromatic nitrogens is 2. The molecule has 9 heteroatoms. The molecule has 2 heterocycles.